The van der Waals surface area contributed by atoms with Gasteiger partial charge in [0.2, 0.25) is 0 Å². The van der Waals surface area contributed by atoms with Crippen LogP contribution in [0.4, 0.5) is 4.79 Å². The SMILES string of the molecule is CCOC(=O)N1CCC(NC(N)=NCC2CCCN(C)C2)CC1. The molecule has 3 N–H and O–H groups in total. The van der Waals surface area contributed by atoms with Gasteiger partial charge in [0, 0.05) is 32.2 Å². The number of nitrogens with zero attached hydrogens (tertiary/aromatic N) is 3. The van der Waals surface area contributed by atoms with E-state index in [0.29, 0.717) is 37.6 Å². The highest BCUT2D eigenvalue weighted by molar-refractivity contribution is 5.78. The number of carbonyl (C=O) groups is 1. The molecule has 0 aliphatic carbocycles. The van der Waals surface area contributed by atoms with Crippen molar-refractivity contribution in [3.05, 3.63) is 0 Å². The number of hydrogen-bond donors (Lipinski definition) is 2. The van der Waals surface area contributed by atoms with Gasteiger partial charge >= 0.3 is 6.09 Å². The lowest BCUT2D eigenvalue weighted by Crippen LogP contribution is -2.48. The summed E-state index contributed by atoms with van der Waals surface area (Å²) in [6, 6.07) is 0.290. The fraction of sp³-hybridized carbons (Fsp3) is 0.875. The number of ether oxygens (including phenoxy) is 1. The predicted octanol–water partition coefficient (Wildman–Crippen LogP) is 0.853. The molecule has 2 rings (SSSR count). The highest BCUT2D eigenvalue weighted by Gasteiger charge is 2.24. The third kappa shape index (κ3) is 5.89. The van der Waals surface area contributed by atoms with E-state index in [-0.39, 0.29) is 6.09 Å². The van der Waals surface area contributed by atoms with Crippen LogP contribution in [0.25, 0.3) is 0 Å². The Balaban J connectivity index is 1.68. The molecule has 0 aromatic rings. The van der Waals surface area contributed by atoms with Crippen molar-refractivity contribution in [3.63, 3.8) is 0 Å². The molecule has 2 heterocycles. The summed E-state index contributed by atoms with van der Waals surface area (Å²) in [6.45, 7) is 6.75. The molecular weight excluding hydrogens is 294 g/mol. The van der Waals surface area contributed by atoms with Gasteiger partial charge in [0.25, 0.3) is 0 Å². The quantitative estimate of drug-likeness (QED) is 0.591. The molecule has 1 atom stereocenters. The largest absolute Gasteiger partial charge is 0.450 e. The molecule has 132 valence electrons. The molecule has 0 aromatic heterocycles. The number of aliphatic imine (C=N–C) groups is 1. The van der Waals surface area contributed by atoms with Crippen LogP contribution in [0, 0.1) is 5.92 Å². The lowest BCUT2D eigenvalue weighted by molar-refractivity contribution is 0.0963. The third-order valence-electron chi connectivity index (χ3n) is 4.61. The van der Waals surface area contributed by atoms with Crippen molar-refractivity contribution in [2.75, 3.05) is 46.4 Å². The number of hydrogen-bond acceptors (Lipinski definition) is 4. The van der Waals surface area contributed by atoms with Crippen LogP contribution in [0.3, 0.4) is 0 Å². The number of rotatable bonds is 4. The molecule has 2 aliphatic rings. The highest BCUT2D eigenvalue weighted by atomic mass is 16.6. The van der Waals surface area contributed by atoms with Gasteiger partial charge in [0.15, 0.2) is 5.96 Å². The van der Waals surface area contributed by atoms with Crippen LogP contribution in [0.2, 0.25) is 0 Å². The Bertz CT molecular complexity index is 407. The van der Waals surface area contributed by atoms with Crippen LogP contribution < -0.4 is 11.1 Å². The van der Waals surface area contributed by atoms with Crippen molar-refractivity contribution in [2.45, 2.75) is 38.6 Å². The topological polar surface area (TPSA) is 83.2 Å². The Hall–Kier alpha value is -1.50. The van der Waals surface area contributed by atoms with Crippen molar-refractivity contribution in [2.24, 2.45) is 16.6 Å². The van der Waals surface area contributed by atoms with E-state index in [1.807, 2.05) is 6.92 Å². The van der Waals surface area contributed by atoms with Crippen molar-refractivity contribution < 1.29 is 9.53 Å². The zero-order valence-corrected chi connectivity index (χ0v) is 14.5. The molecule has 0 aromatic carbocycles. The number of guanidine groups is 1. The summed E-state index contributed by atoms with van der Waals surface area (Å²) < 4.78 is 5.03. The van der Waals surface area contributed by atoms with Crippen molar-refractivity contribution in [3.8, 4) is 0 Å². The maximum Gasteiger partial charge on any atom is 0.409 e. The minimum atomic E-state index is -0.214. The molecule has 2 aliphatic heterocycles. The number of likely N-dealkylation sites (tertiary alicyclic amines) is 2. The summed E-state index contributed by atoms with van der Waals surface area (Å²) in [6.07, 6.45) is 4.02. The maximum atomic E-state index is 11.7. The van der Waals surface area contributed by atoms with Gasteiger partial charge in [-0.15, -0.1) is 0 Å². The molecule has 0 saturated carbocycles. The molecule has 0 bridgehead atoms. The minimum absolute atomic E-state index is 0.214. The van der Waals surface area contributed by atoms with E-state index in [4.69, 9.17) is 10.5 Å². The highest BCUT2D eigenvalue weighted by Crippen LogP contribution is 2.15. The second-order valence-corrected chi connectivity index (χ2v) is 6.60. The van der Waals surface area contributed by atoms with Crippen LogP contribution in [0.1, 0.15) is 32.6 Å². The van der Waals surface area contributed by atoms with E-state index in [1.54, 1.807) is 4.90 Å². The van der Waals surface area contributed by atoms with E-state index in [9.17, 15) is 4.79 Å². The summed E-state index contributed by atoms with van der Waals surface area (Å²) in [7, 11) is 2.16. The van der Waals surface area contributed by atoms with E-state index in [1.165, 1.54) is 19.4 Å². The van der Waals surface area contributed by atoms with Gasteiger partial charge in [-0.3, -0.25) is 4.99 Å². The first-order chi connectivity index (χ1) is 11.1. The lowest BCUT2D eigenvalue weighted by atomic mass is 9.99. The van der Waals surface area contributed by atoms with E-state index >= 15 is 0 Å². The first-order valence-electron chi connectivity index (χ1n) is 8.75. The fourth-order valence-corrected chi connectivity index (χ4v) is 3.33. The second-order valence-electron chi connectivity index (χ2n) is 6.60. The molecule has 2 saturated heterocycles. The van der Waals surface area contributed by atoms with E-state index in [2.05, 4.69) is 22.3 Å². The Kier molecular flexibility index (Phi) is 6.95. The van der Waals surface area contributed by atoms with Gasteiger partial charge in [0.1, 0.15) is 0 Å². The summed E-state index contributed by atoms with van der Waals surface area (Å²) >= 11 is 0. The van der Waals surface area contributed by atoms with Crippen molar-refractivity contribution in [1.82, 2.24) is 15.1 Å². The van der Waals surface area contributed by atoms with Crippen molar-refractivity contribution >= 4 is 12.1 Å². The monoisotopic (exact) mass is 325 g/mol. The molecule has 7 heteroatoms. The van der Waals surface area contributed by atoms with Gasteiger partial charge in [0.05, 0.1) is 6.61 Å². The molecule has 1 amide bonds. The Labute approximate surface area is 139 Å². The van der Waals surface area contributed by atoms with Gasteiger partial charge in [-0.05, 0) is 52.1 Å². The Morgan fingerprint density at radius 1 is 1.30 bits per heavy atom. The standard InChI is InChI=1S/C16H31N5O2/c1-3-23-16(22)21-9-6-14(7-10-21)19-15(17)18-11-13-5-4-8-20(2)12-13/h13-14H,3-12H2,1-2H3,(H3,17,18,19). The average molecular weight is 325 g/mol. The fourth-order valence-electron chi connectivity index (χ4n) is 3.33. The number of nitrogens with one attached hydrogen (secondary N) is 1. The minimum Gasteiger partial charge on any atom is -0.450 e. The van der Waals surface area contributed by atoms with Crippen molar-refractivity contribution in [1.29, 1.82) is 0 Å². The van der Waals surface area contributed by atoms with E-state index < -0.39 is 0 Å². The van der Waals surface area contributed by atoms with Crippen LogP contribution in [0.5, 0.6) is 0 Å². The normalized spacial score (nSPS) is 24.5. The first kappa shape index (κ1) is 17.8. The predicted molar refractivity (Wildman–Crippen MR) is 91.5 cm³/mol. The Morgan fingerprint density at radius 3 is 2.70 bits per heavy atom. The second kappa shape index (κ2) is 8.96. The van der Waals surface area contributed by atoms with Gasteiger partial charge in [-0.1, -0.05) is 0 Å². The number of amides is 1. The van der Waals surface area contributed by atoms with Crippen LogP contribution in [-0.4, -0.2) is 74.3 Å². The summed E-state index contributed by atoms with van der Waals surface area (Å²) in [5, 5.41) is 3.30. The molecule has 0 radical (unpaired) electrons. The number of carbonyl (C=O) groups excluding carboxylic acids is 1. The molecule has 7 nitrogen and oxygen atoms in total. The van der Waals surface area contributed by atoms with Gasteiger partial charge < -0.3 is 25.6 Å². The van der Waals surface area contributed by atoms with E-state index in [0.717, 1.165) is 25.9 Å². The number of piperidine rings is 2. The molecule has 2 fully saturated rings. The van der Waals surface area contributed by atoms with Crippen LogP contribution in [-0.2, 0) is 4.74 Å². The van der Waals surface area contributed by atoms with Gasteiger partial charge in [-0.2, -0.15) is 0 Å². The Morgan fingerprint density at radius 2 is 2.04 bits per heavy atom. The van der Waals surface area contributed by atoms with Crippen LogP contribution >= 0.6 is 0 Å². The molecule has 0 spiro atoms. The zero-order valence-electron chi connectivity index (χ0n) is 14.5. The summed E-state index contributed by atoms with van der Waals surface area (Å²) in [4.78, 5) is 20.3. The zero-order chi connectivity index (χ0) is 16.7. The molecule has 1 unspecified atom stereocenters. The van der Waals surface area contributed by atoms with Gasteiger partial charge in [-0.25, -0.2) is 4.79 Å². The summed E-state index contributed by atoms with van der Waals surface area (Å²) in [5.74, 6) is 1.15. The number of nitrogens with two attached hydrogens (primary N) is 1. The molecule has 23 heavy (non-hydrogen) atoms. The third-order valence-corrected chi connectivity index (χ3v) is 4.61. The smallest absolute Gasteiger partial charge is 0.409 e. The lowest BCUT2D eigenvalue weighted by Gasteiger charge is -2.32. The molecular formula is C16H31N5O2. The van der Waals surface area contributed by atoms with Crippen LogP contribution in [0.15, 0.2) is 4.99 Å². The first-order valence-corrected chi connectivity index (χ1v) is 8.75. The summed E-state index contributed by atoms with van der Waals surface area (Å²) in [5.41, 5.74) is 6.02. The maximum absolute atomic E-state index is 11.7. The average Bonchev–Trinajstić information content (AvgIpc) is 2.54.